The molecule has 3 aromatic heterocycles. The first-order valence-corrected chi connectivity index (χ1v) is 10.7. The molecule has 0 aliphatic rings. The lowest BCUT2D eigenvalue weighted by atomic mass is 10.00. The summed E-state index contributed by atoms with van der Waals surface area (Å²) in [5, 5.41) is 5.49. The monoisotopic (exact) mass is 393 g/mol. The highest BCUT2D eigenvalue weighted by molar-refractivity contribution is 7.97. The number of thiophene rings is 1. The minimum atomic E-state index is 0.109. The third-order valence-corrected chi connectivity index (χ3v) is 6.71. The van der Waals surface area contributed by atoms with Crippen molar-refractivity contribution >= 4 is 34.3 Å². The molecule has 0 unspecified atom stereocenters. The molecule has 1 N–H and O–H groups in total. The molecule has 0 amide bonds. The van der Waals surface area contributed by atoms with E-state index in [1.54, 1.807) is 23.3 Å². The quantitative estimate of drug-likeness (QED) is 0.392. The van der Waals surface area contributed by atoms with Gasteiger partial charge in [0.15, 0.2) is 0 Å². The first-order valence-electron chi connectivity index (χ1n) is 8.94. The summed E-state index contributed by atoms with van der Waals surface area (Å²) in [4.78, 5) is 9.12. The lowest BCUT2D eigenvalue weighted by molar-refractivity contribution is 0.319. The minimum Gasteiger partial charge on any atom is -0.345 e. The van der Waals surface area contributed by atoms with E-state index in [1.165, 1.54) is 32.5 Å². The zero-order chi connectivity index (χ0) is 19.0. The van der Waals surface area contributed by atoms with E-state index >= 15 is 0 Å². The number of hydrogen-bond donors (Lipinski definition) is 1. The summed E-state index contributed by atoms with van der Waals surface area (Å²) in [6.45, 7) is 6.67. The summed E-state index contributed by atoms with van der Waals surface area (Å²) in [6.07, 6.45) is 3.95. The van der Waals surface area contributed by atoms with Crippen molar-refractivity contribution in [1.29, 1.82) is 0 Å². The Kier molecular flexibility index (Phi) is 4.84. The van der Waals surface area contributed by atoms with Gasteiger partial charge < -0.3 is 4.98 Å². The highest BCUT2D eigenvalue weighted by atomic mass is 32.2. The molecule has 3 heterocycles. The number of aromatic amines is 1. The van der Waals surface area contributed by atoms with Gasteiger partial charge in [-0.05, 0) is 91.5 Å². The largest absolute Gasteiger partial charge is 0.345 e. The maximum Gasteiger partial charge on any atom is 0.138 e. The van der Waals surface area contributed by atoms with Crippen LogP contribution in [0, 0.1) is 0 Å². The maximum atomic E-state index is 4.54. The molecule has 5 heteroatoms. The second-order valence-corrected chi connectivity index (χ2v) is 9.57. The summed E-state index contributed by atoms with van der Waals surface area (Å²) in [7, 11) is 2.14. The van der Waals surface area contributed by atoms with E-state index in [0.717, 1.165) is 5.65 Å². The summed E-state index contributed by atoms with van der Waals surface area (Å²) in [6, 6.07) is 13.0. The Labute approximate surface area is 168 Å². The number of H-pyrrole nitrogens is 1. The van der Waals surface area contributed by atoms with Crippen LogP contribution in [0.3, 0.4) is 0 Å². The van der Waals surface area contributed by atoms with Crippen molar-refractivity contribution in [2.75, 3.05) is 7.05 Å². The van der Waals surface area contributed by atoms with Crippen LogP contribution in [0.5, 0.6) is 0 Å². The highest BCUT2D eigenvalue weighted by Crippen LogP contribution is 2.38. The summed E-state index contributed by atoms with van der Waals surface area (Å²) >= 11 is 3.50. The molecule has 0 radical (unpaired) electrons. The van der Waals surface area contributed by atoms with Crippen LogP contribution in [0.25, 0.3) is 33.3 Å². The van der Waals surface area contributed by atoms with Crippen LogP contribution in [-0.4, -0.2) is 26.9 Å². The standard InChI is InChI=1S/C22H23N3S2/c1-22(2,3)25(4)27-17-7-5-6-15(12-17)19-13-24-21-20(19)18(8-10-23-21)16-9-11-26-14-16/h5-14H,1-4H3,(H,23,24). The molecular formula is C22H23N3S2. The van der Waals surface area contributed by atoms with E-state index < -0.39 is 0 Å². The Bertz CT molecular complexity index is 1060. The molecule has 4 aromatic rings. The lowest BCUT2D eigenvalue weighted by Gasteiger charge is -2.30. The molecule has 0 atom stereocenters. The van der Waals surface area contributed by atoms with Crippen LogP contribution in [0.2, 0.25) is 0 Å². The van der Waals surface area contributed by atoms with E-state index in [4.69, 9.17) is 0 Å². The molecule has 4 rings (SSSR count). The molecule has 1 aromatic carbocycles. The Hall–Kier alpha value is -2.08. The second-order valence-electron chi connectivity index (χ2n) is 7.58. The summed E-state index contributed by atoms with van der Waals surface area (Å²) in [5.74, 6) is 0. The smallest absolute Gasteiger partial charge is 0.138 e. The SMILES string of the molecule is CN(Sc1cccc(-c2c[nH]c3nccc(-c4ccsc4)c23)c1)C(C)(C)C. The third kappa shape index (κ3) is 3.68. The molecule has 0 saturated carbocycles. The predicted molar refractivity (Wildman–Crippen MR) is 118 cm³/mol. The van der Waals surface area contributed by atoms with Gasteiger partial charge in [-0.2, -0.15) is 11.3 Å². The fraction of sp³-hybridized carbons (Fsp3) is 0.227. The zero-order valence-corrected chi connectivity index (χ0v) is 17.6. The fourth-order valence-electron chi connectivity index (χ4n) is 2.96. The number of pyridine rings is 1. The molecule has 0 saturated heterocycles. The third-order valence-electron chi connectivity index (χ3n) is 4.74. The molecule has 0 bridgehead atoms. The van der Waals surface area contributed by atoms with E-state index in [0.29, 0.717) is 0 Å². The number of nitrogens with zero attached hydrogens (tertiary/aromatic N) is 2. The Balaban J connectivity index is 1.79. The maximum absolute atomic E-state index is 4.54. The van der Waals surface area contributed by atoms with Gasteiger partial charge in [-0.1, -0.05) is 12.1 Å². The summed E-state index contributed by atoms with van der Waals surface area (Å²) in [5.41, 5.74) is 5.91. The Morgan fingerprint density at radius 1 is 1.07 bits per heavy atom. The lowest BCUT2D eigenvalue weighted by Crippen LogP contribution is -2.32. The average molecular weight is 394 g/mol. The molecule has 3 nitrogen and oxygen atoms in total. The molecule has 138 valence electrons. The number of fused-ring (bicyclic) bond motifs is 1. The van der Waals surface area contributed by atoms with Crippen molar-refractivity contribution in [2.24, 2.45) is 0 Å². The van der Waals surface area contributed by atoms with Crippen LogP contribution < -0.4 is 0 Å². The minimum absolute atomic E-state index is 0.109. The van der Waals surface area contributed by atoms with Crippen LogP contribution in [0.4, 0.5) is 0 Å². The average Bonchev–Trinajstić information content (AvgIpc) is 3.31. The van der Waals surface area contributed by atoms with Crippen LogP contribution in [0.15, 0.2) is 64.4 Å². The van der Waals surface area contributed by atoms with Gasteiger partial charge in [0.2, 0.25) is 0 Å². The van der Waals surface area contributed by atoms with Crippen LogP contribution in [0.1, 0.15) is 20.8 Å². The number of rotatable bonds is 4. The van der Waals surface area contributed by atoms with E-state index in [9.17, 15) is 0 Å². The van der Waals surface area contributed by atoms with Gasteiger partial charge in [0.05, 0.1) is 0 Å². The van der Waals surface area contributed by atoms with Crippen molar-refractivity contribution in [1.82, 2.24) is 14.3 Å². The second kappa shape index (κ2) is 7.15. The zero-order valence-electron chi connectivity index (χ0n) is 16.0. The predicted octanol–water partition coefficient (Wildman–Crippen LogP) is 6.70. The Morgan fingerprint density at radius 3 is 2.67 bits per heavy atom. The van der Waals surface area contributed by atoms with E-state index in [1.807, 2.05) is 6.20 Å². The van der Waals surface area contributed by atoms with Crippen LogP contribution in [-0.2, 0) is 0 Å². The van der Waals surface area contributed by atoms with Gasteiger partial charge in [-0.25, -0.2) is 9.29 Å². The van der Waals surface area contributed by atoms with Gasteiger partial charge in [-0.15, -0.1) is 0 Å². The molecule has 0 aliphatic heterocycles. The van der Waals surface area contributed by atoms with Crippen LogP contribution >= 0.6 is 23.3 Å². The van der Waals surface area contributed by atoms with Crippen molar-refractivity contribution in [3.63, 3.8) is 0 Å². The fourth-order valence-corrected chi connectivity index (χ4v) is 4.52. The molecule has 27 heavy (non-hydrogen) atoms. The van der Waals surface area contributed by atoms with E-state index in [-0.39, 0.29) is 5.54 Å². The van der Waals surface area contributed by atoms with Crippen molar-refractivity contribution in [3.8, 4) is 22.3 Å². The number of hydrogen-bond acceptors (Lipinski definition) is 4. The molecular weight excluding hydrogens is 370 g/mol. The van der Waals surface area contributed by atoms with Gasteiger partial charge in [0.1, 0.15) is 5.65 Å². The topological polar surface area (TPSA) is 31.9 Å². The first-order chi connectivity index (χ1) is 12.9. The Morgan fingerprint density at radius 2 is 1.93 bits per heavy atom. The van der Waals surface area contributed by atoms with Crippen molar-refractivity contribution in [2.45, 2.75) is 31.2 Å². The molecule has 0 spiro atoms. The van der Waals surface area contributed by atoms with Gasteiger partial charge >= 0.3 is 0 Å². The number of benzene rings is 1. The van der Waals surface area contributed by atoms with Crippen molar-refractivity contribution < 1.29 is 0 Å². The summed E-state index contributed by atoms with van der Waals surface area (Å²) < 4.78 is 2.29. The van der Waals surface area contributed by atoms with E-state index in [2.05, 4.69) is 95.4 Å². The number of nitrogens with one attached hydrogen (secondary N) is 1. The van der Waals surface area contributed by atoms with Gasteiger partial charge in [-0.3, -0.25) is 0 Å². The van der Waals surface area contributed by atoms with Gasteiger partial charge in [0.25, 0.3) is 0 Å². The van der Waals surface area contributed by atoms with Crippen molar-refractivity contribution in [3.05, 3.63) is 59.6 Å². The molecule has 0 aliphatic carbocycles. The highest BCUT2D eigenvalue weighted by Gasteiger charge is 2.19. The number of aromatic nitrogens is 2. The normalized spacial score (nSPS) is 12.2. The molecule has 0 fully saturated rings. The first kappa shape index (κ1) is 18.3. The van der Waals surface area contributed by atoms with Gasteiger partial charge in [0, 0.05) is 33.8 Å².